The lowest BCUT2D eigenvalue weighted by molar-refractivity contribution is -0.325. The van der Waals surface area contributed by atoms with Crippen LogP contribution in [0.5, 0.6) is 0 Å². The summed E-state index contributed by atoms with van der Waals surface area (Å²) < 4.78 is 17.3. The van der Waals surface area contributed by atoms with Crippen LogP contribution < -0.4 is 0 Å². The van der Waals surface area contributed by atoms with E-state index in [9.17, 15) is 0 Å². The maximum atomic E-state index is 5.96. The minimum atomic E-state index is -0.643. The highest BCUT2D eigenvalue weighted by atomic mass is 16.7. The number of nitrogens with zero attached hydrogens (tertiary/aromatic N) is 1. The molecule has 1 rings (SSSR count). The Balaban J connectivity index is 2.64. The molecule has 0 aromatic carbocycles. The van der Waals surface area contributed by atoms with Gasteiger partial charge in [-0.15, -0.1) is 0 Å². The summed E-state index contributed by atoms with van der Waals surface area (Å²) >= 11 is 0. The van der Waals surface area contributed by atoms with E-state index in [4.69, 9.17) is 14.2 Å². The zero-order chi connectivity index (χ0) is 12.6. The summed E-state index contributed by atoms with van der Waals surface area (Å²) in [7, 11) is 0. The van der Waals surface area contributed by atoms with Crippen LogP contribution in [0.25, 0.3) is 0 Å². The Kier molecular flexibility index (Phi) is 7.04. The van der Waals surface area contributed by atoms with Crippen LogP contribution in [-0.2, 0) is 14.2 Å². The zero-order valence-corrected chi connectivity index (χ0v) is 11.2. The molecule has 101 valence electrons. The van der Waals surface area contributed by atoms with E-state index in [1.807, 2.05) is 0 Å². The van der Waals surface area contributed by atoms with E-state index < -0.39 is 5.91 Å². The molecule has 0 atom stereocenters. The van der Waals surface area contributed by atoms with Gasteiger partial charge >= 0.3 is 0 Å². The van der Waals surface area contributed by atoms with E-state index in [0.717, 1.165) is 39.1 Å². The predicted molar refractivity (Wildman–Crippen MR) is 67.6 cm³/mol. The van der Waals surface area contributed by atoms with Gasteiger partial charge in [-0.1, -0.05) is 13.8 Å². The van der Waals surface area contributed by atoms with Crippen molar-refractivity contribution in [2.45, 2.75) is 39.0 Å². The number of ether oxygens (including phenoxy) is 3. The second-order valence-electron chi connectivity index (χ2n) is 4.26. The van der Waals surface area contributed by atoms with Crippen LogP contribution in [0.1, 0.15) is 33.1 Å². The highest BCUT2D eigenvalue weighted by molar-refractivity contribution is 4.76. The second-order valence-corrected chi connectivity index (χ2v) is 4.26. The molecule has 1 aliphatic rings. The summed E-state index contributed by atoms with van der Waals surface area (Å²) in [5.74, 6) is -0.643. The third-order valence-corrected chi connectivity index (χ3v) is 2.87. The first-order valence-electron chi connectivity index (χ1n) is 6.69. The fraction of sp³-hybridized carbons (Fsp3) is 0.923. The van der Waals surface area contributed by atoms with Gasteiger partial charge in [0.1, 0.15) is 0 Å². The van der Waals surface area contributed by atoms with Gasteiger partial charge in [0.25, 0.3) is 0 Å². The second kappa shape index (κ2) is 8.03. The Hall–Kier alpha value is -0.160. The molecule has 0 spiro atoms. The first kappa shape index (κ1) is 14.9. The van der Waals surface area contributed by atoms with Crippen LogP contribution in [0.3, 0.4) is 0 Å². The molecular formula is C13H26NO3. The minimum Gasteiger partial charge on any atom is -0.379 e. The smallest absolute Gasteiger partial charge is 0.230 e. The van der Waals surface area contributed by atoms with Crippen LogP contribution in [0, 0.1) is 6.92 Å². The molecule has 0 unspecified atom stereocenters. The normalized spacial score (nSPS) is 18.5. The maximum Gasteiger partial charge on any atom is 0.230 e. The molecule has 0 amide bonds. The minimum absolute atomic E-state index is 0.604. The predicted octanol–water partition coefficient (Wildman–Crippen LogP) is 2.05. The van der Waals surface area contributed by atoms with Crippen molar-refractivity contribution in [1.29, 1.82) is 0 Å². The molecule has 1 heterocycles. The monoisotopic (exact) mass is 244 g/mol. The van der Waals surface area contributed by atoms with E-state index in [2.05, 4.69) is 25.7 Å². The molecule has 0 aliphatic carbocycles. The van der Waals surface area contributed by atoms with E-state index in [-0.39, 0.29) is 0 Å². The summed E-state index contributed by atoms with van der Waals surface area (Å²) in [5, 5.41) is 0. The molecule has 1 aliphatic heterocycles. The van der Waals surface area contributed by atoms with Crippen molar-refractivity contribution in [1.82, 2.24) is 4.90 Å². The third-order valence-electron chi connectivity index (χ3n) is 2.87. The molecule has 1 saturated heterocycles. The molecule has 1 fully saturated rings. The summed E-state index contributed by atoms with van der Waals surface area (Å²) in [6.45, 7) is 12.8. The molecule has 0 N–H and O–H groups in total. The highest BCUT2D eigenvalue weighted by Crippen LogP contribution is 2.25. The Morgan fingerprint density at radius 1 is 1.12 bits per heavy atom. The first-order valence-corrected chi connectivity index (χ1v) is 6.69. The van der Waals surface area contributed by atoms with Crippen LogP contribution in [0.15, 0.2) is 0 Å². The van der Waals surface area contributed by atoms with Crippen molar-refractivity contribution in [2.75, 3.05) is 39.5 Å². The number of hydrogen-bond donors (Lipinski definition) is 0. The quantitative estimate of drug-likeness (QED) is 0.611. The van der Waals surface area contributed by atoms with Gasteiger partial charge in [-0.3, -0.25) is 0 Å². The van der Waals surface area contributed by atoms with Crippen molar-refractivity contribution in [2.24, 2.45) is 0 Å². The van der Waals surface area contributed by atoms with E-state index in [1.54, 1.807) is 0 Å². The molecular weight excluding hydrogens is 218 g/mol. The van der Waals surface area contributed by atoms with Gasteiger partial charge in [0.2, 0.25) is 5.91 Å². The van der Waals surface area contributed by atoms with E-state index >= 15 is 0 Å². The molecule has 4 heteroatoms. The number of hydrogen-bond acceptors (Lipinski definition) is 4. The topological polar surface area (TPSA) is 30.9 Å². The van der Waals surface area contributed by atoms with Crippen LogP contribution in [0.2, 0.25) is 0 Å². The largest absolute Gasteiger partial charge is 0.379 e. The standard InChI is InChI=1S/C13H26NO3/c1-4-9-16-13(6-3,17-10-5-2)14-7-11-15-12-8-14/h3-12H2,1-2H3. The van der Waals surface area contributed by atoms with Gasteiger partial charge in [0.15, 0.2) is 0 Å². The number of rotatable bonds is 8. The SMILES string of the molecule is [CH2]CC(OCCC)(OCCC)N1CCOCC1. The van der Waals surface area contributed by atoms with Gasteiger partial charge < -0.3 is 14.2 Å². The Labute approximate surface area is 105 Å². The average Bonchev–Trinajstić information content (AvgIpc) is 2.41. The fourth-order valence-electron chi connectivity index (χ4n) is 1.95. The lowest BCUT2D eigenvalue weighted by Gasteiger charge is -2.44. The summed E-state index contributed by atoms with van der Waals surface area (Å²) in [4.78, 5) is 2.22. The van der Waals surface area contributed by atoms with Crippen LogP contribution in [-0.4, -0.2) is 50.3 Å². The first-order chi connectivity index (χ1) is 8.29. The van der Waals surface area contributed by atoms with Crippen LogP contribution >= 0.6 is 0 Å². The van der Waals surface area contributed by atoms with Crippen molar-refractivity contribution in [3.8, 4) is 0 Å². The van der Waals surface area contributed by atoms with Gasteiger partial charge in [-0.25, -0.2) is 4.90 Å². The lowest BCUT2D eigenvalue weighted by atomic mass is 10.2. The fourth-order valence-corrected chi connectivity index (χ4v) is 1.95. The number of morpholine rings is 1. The van der Waals surface area contributed by atoms with Crippen molar-refractivity contribution >= 4 is 0 Å². The summed E-state index contributed by atoms with van der Waals surface area (Å²) in [6, 6.07) is 0. The molecule has 0 aromatic rings. The Bertz CT molecular complexity index is 185. The Morgan fingerprint density at radius 3 is 2.06 bits per heavy atom. The molecule has 4 nitrogen and oxygen atoms in total. The molecule has 0 saturated carbocycles. The van der Waals surface area contributed by atoms with Gasteiger partial charge in [0, 0.05) is 19.5 Å². The Morgan fingerprint density at radius 2 is 1.65 bits per heavy atom. The third kappa shape index (κ3) is 4.21. The zero-order valence-electron chi connectivity index (χ0n) is 11.2. The van der Waals surface area contributed by atoms with Crippen molar-refractivity contribution in [3.63, 3.8) is 0 Å². The van der Waals surface area contributed by atoms with Crippen LogP contribution in [0.4, 0.5) is 0 Å². The van der Waals surface area contributed by atoms with Gasteiger partial charge in [-0.2, -0.15) is 0 Å². The molecule has 0 aromatic heterocycles. The van der Waals surface area contributed by atoms with Crippen molar-refractivity contribution < 1.29 is 14.2 Å². The molecule has 1 radical (unpaired) electrons. The summed E-state index contributed by atoms with van der Waals surface area (Å²) in [5.41, 5.74) is 0. The molecule has 17 heavy (non-hydrogen) atoms. The van der Waals surface area contributed by atoms with E-state index in [0.29, 0.717) is 19.6 Å². The average molecular weight is 244 g/mol. The van der Waals surface area contributed by atoms with Gasteiger partial charge in [0.05, 0.1) is 26.4 Å². The maximum absolute atomic E-state index is 5.96. The summed E-state index contributed by atoms with van der Waals surface area (Å²) in [6.07, 6.45) is 2.58. The van der Waals surface area contributed by atoms with Crippen molar-refractivity contribution in [3.05, 3.63) is 6.92 Å². The lowest BCUT2D eigenvalue weighted by Crippen LogP contribution is -2.56. The van der Waals surface area contributed by atoms with Gasteiger partial charge in [-0.05, 0) is 19.8 Å². The highest BCUT2D eigenvalue weighted by Gasteiger charge is 2.38. The van der Waals surface area contributed by atoms with E-state index in [1.165, 1.54) is 0 Å². The molecule has 0 bridgehead atoms.